The molecule has 0 fully saturated rings. The number of aliphatic hydroxyl groups excluding tert-OH is 1. The number of aliphatic hydroxyl groups is 1. The molecular formula is C11H15BrOS. The summed E-state index contributed by atoms with van der Waals surface area (Å²) in [5, 5.41) is 9.43. The second kappa shape index (κ2) is 5.79. The van der Waals surface area contributed by atoms with Gasteiger partial charge in [0.05, 0.1) is 6.10 Å². The highest BCUT2D eigenvalue weighted by Crippen LogP contribution is 2.28. The van der Waals surface area contributed by atoms with E-state index in [9.17, 15) is 5.11 Å². The van der Waals surface area contributed by atoms with Crippen molar-refractivity contribution in [2.24, 2.45) is 0 Å². The fraction of sp³-hybridized carbons (Fsp3) is 0.455. The topological polar surface area (TPSA) is 20.2 Å². The van der Waals surface area contributed by atoms with Crippen LogP contribution in [0.1, 0.15) is 31.9 Å². The zero-order valence-electron chi connectivity index (χ0n) is 8.46. The van der Waals surface area contributed by atoms with Gasteiger partial charge in [0.25, 0.3) is 0 Å². The molecule has 78 valence electrons. The van der Waals surface area contributed by atoms with Crippen LogP contribution in [0.25, 0.3) is 0 Å². The van der Waals surface area contributed by atoms with Crippen LogP contribution in [0, 0.1) is 0 Å². The molecule has 1 aromatic carbocycles. The Balaban J connectivity index is 2.78. The van der Waals surface area contributed by atoms with E-state index in [4.69, 9.17) is 0 Å². The van der Waals surface area contributed by atoms with Crippen LogP contribution in [-0.4, -0.2) is 10.9 Å². The van der Waals surface area contributed by atoms with Crippen LogP contribution in [0.3, 0.4) is 0 Å². The fourth-order valence-corrected chi connectivity index (χ4v) is 2.82. The van der Waals surface area contributed by atoms with Gasteiger partial charge < -0.3 is 5.11 Å². The minimum atomic E-state index is -0.408. The quantitative estimate of drug-likeness (QED) is 0.838. The van der Waals surface area contributed by atoms with E-state index in [1.165, 1.54) is 11.3 Å². The Morgan fingerprint density at radius 3 is 2.71 bits per heavy atom. The molecule has 0 saturated heterocycles. The molecule has 0 saturated carbocycles. The largest absolute Gasteiger partial charge is 0.389 e. The Labute approximate surface area is 98.0 Å². The van der Waals surface area contributed by atoms with E-state index < -0.39 is 6.10 Å². The highest BCUT2D eigenvalue weighted by Gasteiger charge is 2.06. The van der Waals surface area contributed by atoms with Crippen molar-refractivity contribution in [1.29, 1.82) is 0 Å². The number of hydrogen-bond donors (Lipinski definition) is 1. The van der Waals surface area contributed by atoms with Gasteiger partial charge in [0, 0.05) is 9.37 Å². The van der Waals surface area contributed by atoms with Gasteiger partial charge in [0.1, 0.15) is 0 Å². The Kier molecular flexibility index (Phi) is 4.99. The van der Waals surface area contributed by atoms with Gasteiger partial charge in [-0.2, -0.15) is 0 Å². The third kappa shape index (κ3) is 3.30. The molecule has 0 aliphatic rings. The molecule has 0 radical (unpaired) electrons. The number of benzene rings is 1. The second-order valence-electron chi connectivity index (χ2n) is 3.21. The lowest BCUT2D eigenvalue weighted by Crippen LogP contribution is -1.92. The minimum absolute atomic E-state index is 0.408. The normalized spacial score (nSPS) is 12.9. The predicted molar refractivity (Wildman–Crippen MR) is 65.8 cm³/mol. The van der Waals surface area contributed by atoms with Gasteiger partial charge in [0.15, 0.2) is 0 Å². The molecular weight excluding hydrogens is 260 g/mol. The average Bonchev–Trinajstić information content (AvgIpc) is 2.14. The molecule has 1 rings (SSSR count). The minimum Gasteiger partial charge on any atom is -0.389 e. The van der Waals surface area contributed by atoms with Crippen LogP contribution < -0.4 is 0 Å². The zero-order chi connectivity index (χ0) is 10.6. The van der Waals surface area contributed by atoms with Gasteiger partial charge in [-0.1, -0.05) is 28.9 Å². The molecule has 0 aliphatic carbocycles. The van der Waals surface area contributed by atoms with Crippen LogP contribution >= 0.6 is 27.7 Å². The van der Waals surface area contributed by atoms with Gasteiger partial charge in [-0.15, -0.1) is 11.8 Å². The first-order valence-corrected chi connectivity index (χ1v) is 6.53. The number of thioether (sulfide) groups is 1. The highest BCUT2D eigenvalue weighted by atomic mass is 79.9. The maximum Gasteiger partial charge on any atom is 0.0772 e. The molecule has 0 heterocycles. The zero-order valence-corrected chi connectivity index (χ0v) is 10.9. The molecule has 0 aliphatic heterocycles. The van der Waals surface area contributed by atoms with Gasteiger partial charge in [-0.25, -0.2) is 0 Å². The molecule has 1 N–H and O–H groups in total. The summed E-state index contributed by atoms with van der Waals surface area (Å²) in [5.41, 5.74) is 0.950. The standard InChI is InChI=1S/C11H15BrOS/c1-3-6-14-9-4-5-10(8(2)13)11(12)7-9/h4-5,7-8,13H,3,6H2,1-2H3/t8-/m0/s1. The van der Waals surface area contributed by atoms with Crippen molar-refractivity contribution >= 4 is 27.7 Å². The number of halogens is 1. The summed E-state index contributed by atoms with van der Waals surface area (Å²) in [4.78, 5) is 1.25. The molecule has 1 atom stereocenters. The molecule has 1 nitrogen and oxygen atoms in total. The lowest BCUT2D eigenvalue weighted by Gasteiger charge is -2.09. The van der Waals surface area contributed by atoms with E-state index in [2.05, 4.69) is 35.0 Å². The summed E-state index contributed by atoms with van der Waals surface area (Å²) in [6, 6.07) is 6.11. The lowest BCUT2D eigenvalue weighted by atomic mass is 10.1. The number of hydrogen-bond acceptors (Lipinski definition) is 2. The Morgan fingerprint density at radius 2 is 2.21 bits per heavy atom. The smallest absolute Gasteiger partial charge is 0.0772 e. The summed E-state index contributed by atoms with van der Waals surface area (Å²) in [6.07, 6.45) is 0.773. The Bertz CT molecular complexity index is 299. The summed E-state index contributed by atoms with van der Waals surface area (Å²) in [5.74, 6) is 1.14. The van der Waals surface area contributed by atoms with Gasteiger partial charge in [0.2, 0.25) is 0 Å². The van der Waals surface area contributed by atoms with E-state index >= 15 is 0 Å². The van der Waals surface area contributed by atoms with E-state index in [-0.39, 0.29) is 0 Å². The van der Waals surface area contributed by atoms with E-state index in [1.54, 1.807) is 6.92 Å². The molecule has 14 heavy (non-hydrogen) atoms. The van der Waals surface area contributed by atoms with Crippen molar-refractivity contribution in [1.82, 2.24) is 0 Å². The first kappa shape index (κ1) is 12.1. The monoisotopic (exact) mass is 274 g/mol. The molecule has 0 aromatic heterocycles. The van der Waals surface area contributed by atoms with Crippen LogP contribution in [0.5, 0.6) is 0 Å². The fourth-order valence-electron chi connectivity index (χ4n) is 1.16. The average molecular weight is 275 g/mol. The van der Waals surface area contributed by atoms with Crippen LogP contribution in [0.4, 0.5) is 0 Å². The summed E-state index contributed by atoms with van der Waals surface area (Å²) >= 11 is 5.31. The van der Waals surface area contributed by atoms with Crippen molar-refractivity contribution in [3.8, 4) is 0 Å². The first-order chi connectivity index (χ1) is 6.65. The van der Waals surface area contributed by atoms with Crippen LogP contribution in [0.15, 0.2) is 27.6 Å². The third-order valence-electron chi connectivity index (χ3n) is 1.89. The van der Waals surface area contributed by atoms with Gasteiger partial charge in [-0.05, 0) is 36.8 Å². The summed E-state index contributed by atoms with van der Waals surface area (Å²) in [7, 11) is 0. The van der Waals surface area contributed by atoms with Crippen molar-refractivity contribution < 1.29 is 5.11 Å². The third-order valence-corrected chi connectivity index (χ3v) is 3.78. The van der Waals surface area contributed by atoms with E-state index in [1.807, 2.05) is 17.8 Å². The van der Waals surface area contributed by atoms with Crippen molar-refractivity contribution in [2.75, 3.05) is 5.75 Å². The summed E-state index contributed by atoms with van der Waals surface area (Å²) in [6.45, 7) is 3.95. The Morgan fingerprint density at radius 1 is 1.50 bits per heavy atom. The van der Waals surface area contributed by atoms with Crippen molar-refractivity contribution in [3.63, 3.8) is 0 Å². The molecule has 3 heteroatoms. The first-order valence-electron chi connectivity index (χ1n) is 4.75. The predicted octanol–water partition coefficient (Wildman–Crippen LogP) is 4.00. The maximum atomic E-state index is 9.43. The van der Waals surface area contributed by atoms with Crippen molar-refractivity contribution in [3.05, 3.63) is 28.2 Å². The highest BCUT2D eigenvalue weighted by molar-refractivity contribution is 9.10. The Hall–Kier alpha value is 0.01000. The molecule has 0 spiro atoms. The van der Waals surface area contributed by atoms with E-state index in [0.717, 1.165) is 15.8 Å². The van der Waals surface area contributed by atoms with Crippen molar-refractivity contribution in [2.45, 2.75) is 31.3 Å². The van der Waals surface area contributed by atoms with Crippen LogP contribution in [0.2, 0.25) is 0 Å². The molecule has 1 aromatic rings. The van der Waals surface area contributed by atoms with Gasteiger partial charge in [-0.3, -0.25) is 0 Å². The number of rotatable bonds is 4. The SMILES string of the molecule is CCCSc1ccc([C@H](C)O)c(Br)c1. The molecule has 0 bridgehead atoms. The molecule has 0 amide bonds. The van der Waals surface area contributed by atoms with Gasteiger partial charge >= 0.3 is 0 Å². The maximum absolute atomic E-state index is 9.43. The second-order valence-corrected chi connectivity index (χ2v) is 5.23. The lowest BCUT2D eigenvalue weighted by molar-refractivity contribution is 0.198. The summed E-state index contributed by atoms with van der Waals surface area (Å²) < 4.78 is 0.994. The van der Waals surface area contributed by atoms with Crippen LogP contribution in [-0.2, 0) is 0 Å². The molecule has 0 unspecified atom stereocenters. The van der Waals surface area contributed by atoms with E-state index in [0.29, 0.717) is 0 Å².